The van der Waals surface area contributed by atoms with Crippen LogP contribution in [0.25, 0.3) is 0 Å². The van der Waals surface area contributed by atoms with Gasteiger partial charge in [-0.3, -0.25) is 0 Å². The Labute approximate surface area is 112 Å². The third kappa shape index (κ3) is 2.46. The predicted octanol–water partition coefficient (Wildman–Crippen LogP) is 3.98. The van der Waals surface area contributed by atoms with E-state index in [4.69, 9.17) is 4.74 Å². The number of halogens is 2. The summed E-state index contributed by atoms with van der Waals surface area (Å²) >= 11 is 0. The number of aliphatic hydroxyl groups excluding tert-OH is 1. The molecule has 0 saturated heterocycles. The van der Waals surface area contributed by atoms with Crippen LogP contribution in [-0.4, -0.2) is 12.2 Å². The maximum absolute atomic E-state index is 14.0. The maximum atomic E-state index is 14.0. The smallest absolute Gasteiger partial charge is 0.135 e. The van der Waals surface area contributed by atoms with Gasteiger partial charge >= 0.3 is 0 Å². The summed E-state index contributed by atoms with van der Waals surface area (Å²) in [6.07, 6.45) is 3.27. The van der Waals surface area contributed by atoms with Crippen LogP contribution in [0.2, 0.25) is 0 Å². The van der Waals surface area contributed by atoms with E-state index in [0.717, 1.165) is 44.2 Å². The normalized spacial score (nSPS) is 19.4. The lowest BCUT2D eigenvalue weighted by Crippen LogP contribution is -2.26. The molecule has 0 radical (unpaired) electrons. The molecule has 0 heterocycles. The van der Waals surface area contributed by atoms with Gasteiger partial charge in [-0.1, -0.05) is 19.8 Å². The first-order valence-corrected chi connectivity index (χ1v) is 6.75. The minimum absolute atomic E-state index is 0.128. The van der Waals surface area contributed by atoms with Gasteiger partial charge in [-0.2, -0.15) is 0 Å². The van der Waals surface area contributed by atoms with Gasteiger partial charge in [0.05, 0.1) is 18.8 Å². The second-order valence-electron chi connectivity index (χ2n) is 5.33. The molecule has 0 amide bonds. The van der Waals surface area contributed by atoms with Gasteiger partial charge in [-0.25, -0.2) is 8.78 Å². The van der Waals surface area contributed by atoms with Crippen molar-refractivity contribution in [3.05, 3.63) is 29.3 Å². The van der Waals surface area contributed by atoms with E-state index in [-0.39, 0.29) is 11.3 Å². The van der Waals surface area contributed by atoms with Crippen LogP contribution in [0, 0.1) is 17.0 Å². The Morgan fingerprint density at radius 1 is 1.26 bits per heavy atom. The highest BCUT2D eigenvalue weighted by Crippen LogP contribution is 2.51. The van der Waals surface area contributed by atoms with E-state index >= 15 is 0 Å². The second-order valence-corrected chi connectivity index (χ2v) is 5.33. The first-order chi connectivity index (χ1) is 9.04. The lowest BCUT2D eigenvalue weighted by molar-refractivity contribution is 0.0183. The zero-order chi connectivity index (χ0) is 14.0. The quantitative estimate of drug-likeness (QED) is 0.896. The summed E-state index contributed by atoms with van der Waals surface area (Å²) in [6.45, 7) is 1.97. The molecule has 1 aliphatic rings. The Balaban J connectivity index is 2.41. The number of benzene rings is 1. The number of methoxy groups -OCH3 is 1. The third-order valence-corrected chi connectivity index (χ3v) is 4.45. The third-order valence-electron chi connectivity index (χ3n) is 4.45. The number of aliphatic hydroxyl groups is 1. The van der Waals surface area contributed by atoms with Crippen LogP contribution < -0.4 is 4.74 Å². The summed E-state index contributed by atoms with van der Waals surface area (Å²) in [7, 11) is 1.36. The molecule has 4 heteroatoms. The molecular weight excluding hydrogens is 250 g/mol. The van der Waals surface area contributed by atoms with Crippen molar-refractivity contribution in [2.75, 3.05) is 7.11 Å². The molecule has 1 saturated carbocycles. The standard InChI is InChI=1S/C15H20F2O2/c1-3-15(6-4-5-7-15)14(18)13-11(16)8-10(19-2)9-12(13)17/h8-9,14,18H,3-7H2,1-2H3. The van der Waals surface area contributed by atoms with E-state index in [9.17, 15) is 13.9 Å². The Morgan fingerprint density at radius 2 is 1.79 bits per heavy atom. The summed E-state index contributed by atoms with van der Waals surface area (Å²) in [5.74, 6) is -1.34. The Kier molecular flexibility index (Phi) is 4.09. The number of hydrogen-bond acceptors (Lipinski definition) is 2. The van der Waals surface area contributed by atoms with Gasteiger partial charge in [0.25, 0.3) is 0 Å². The summed E-state index contributed by atoms with van der Waals surface area (Å²) in [4.78, 5) is 0. The lowest BCUT2D eigenvalue weighted by Gasteiger charge is -2.33. The fourth-order valence-corrected chi connectivity index (χ4v) is 3.15. The molecule has 0 bridgehead atoms. The van der Waals surface area contributed by atoms with Crippen LogP contribution in [0.4, 0.5) is 8.78 Å². The van der Waals surface area contributed by atoms with Crippen molar-refractivity contribution < 1.29 is 18.6 Å². The van der Waals surface area contributed by atoms with Crippen molar-refractivity contribution in [2.45, 2.75) is 45.1 Å². The maximum Gasteiger partial charge on any atom is 0.135 e. The first-order valence-electron chi connectivity index (χ1n) is 6.75. The van der Waals surface area contributed by atoms with Gasteiger partial charge < -0.3 is 9.84 Å². The van der Waals surface area contributed by atoms with Crippen molar-refractivity contribution >= 4 is 0 Å². The van der Waals surface area contributed by atoms with Gasteiger partial charge in [0.15, 0.2) is 0 Å². The second kappa shape index (κ2) is 5.45. The van der Waals surface area contributed by atoms with Gasteiger partial charge in [0.2, 0.25) is 0 Å². The van der Waals surface area contributed by atoms with Gasteiger partial charge in [-0.05, 0) is 19.3 Å². The van der Waals surface area contributed by atoms with Gasteiger partial charge in [0, 0.05) is 17.5 Å². The van der Waals surface area contributed by atoms with E-state index in [1.165, 1.54) is 7.11 Å². The molecule has 0 aromatic heterocycles. The highest BCUT2D eigenvalue weighted by atomic mass is 19.1. The lowest BCUT2D eigenvalue weighted by atomic mass is 9.75. The van der Waals surface area contributed by atoms with Crippen molar-refractivity contribution in [3.63, 3.8) is 0 Å². The topological polar surface area (TPSA) is 29.5 Å². The molecule has 2 rings (SSSR count). The Bertz CT molecular complexity index is 430. The van der Waals surface area contributed by atoms with E-state index in [2.05, 4.69) is 0 Å². The first kappa shape index (κ1) is 14.3. The Hall–Kier alpha value is -1.16. The SMILES string of the molecule is CCC1(C(O)c2c(F)cc(OC)cc2F)CCCC1. The number of ether oxygens (including phenoxy) is 1. The minimum Gasteiger partial charge on any atom is -0.497 e. The van der Waals surface area contributed by atoms with E-state index < -0.39 is 23.2 Å². The van der Waals surface area contributed by atoms with Gasteiger partial charge in [0.1, 0.15) is 17.4 Å². The van der Waals surface area contributed by atoms with Crippen molar-refractivity contribution in [1.82, 2.24) is 0 Å². The molecule has 106 valence electrons. The van der Waals surface area contributed by atoms with Crippen LogP contribution in [0.3, 0.4) is 0 Å². The molecule has 19 heavy (non-hydrogen) atoms. The van der Waals surface area contributed by atoms with Gasteiger partial charge in [-0.15, -0.1) is 0 Å². The molecule has 1 aliphatic carbocycles. The predicted molar refractivity (Wildman–Crippen MR) is 69.1 cm³/mol. The molecule has 1 atom stereocenters. The van der Waals surface area contributed by atoms with Crippen LogP contribution in [-0.2, 0) is 0 Å². The minimum atomic E-state index is -1.09. The van der Waals surface area contributed by atoms with E-state index in [1.54, 1.807) is 0 Å². The summed E-state index contributed by atoms with van der Waals surface area (Å²) in [6, 6.07) is 2.25. The molecule has 2 nitrogen and oxygen atoms in total. The fraction of sp³-hybridized carbons (Fsp3) is 0.600. The monoisotopic (exact) mass is 270 g/mol. The molecule has 1 aromatic rings. The summed E-state index contributed by atoms with van der Waals surface area (Å²) < 4.78 is 32.9. The van der Waals surface area contributed by atoms with Crippen molar-refractivity contribution in [1.29, 1.82) is 0 Å². The average Bonchev–Trinajstić information content (AvgIpc) is 2.87. The van der Waals surface area contributed by atoms with Crippen LogP contribution in [0.5, 0.6) is 5.75 Å². The largest absolute Gasteiger partial charge is 0.497 e. The zero-order valence-electron chi connectivity index (χ0n) is 11.4. The molecule has 1 unspecified atom stereocenters. The fourth-order valence-electron chi connectivity index (χ4n) is 3.15. The van der Waals surface area contributed by atoms with Crippen LogP contribution >= 0.6 is 0 Å². The van der Waals surface area contributed by atoms with Crippen LogP contribution in [0.1, 0.15) is 50.7 Å². The van der Waals surface area contributed by atoms with E-state index in [1.807, 2.05) is 6.92 Å². The average molecular weight is 270 g/mol. The molecule has 0 spiro atoms. The summed E-state index contributed by atoms with van der Waals surface area (Å²) in [5.41, 5.74) is -0.611. The molecule has 0 aliphatic heterocycles. The molecule has 1 N–H and O–H groups in total. The Morgan fingerprint density at radius 3 is 2.21 bits per heavy atom. The number of hydrogen-bond donors (Lipinski definition) is 1. The summed E-state index contributed by atoms with van der Waals surface area (Å²) in [5, 5.41) is 10.5. The number of rotatable bonds is 4. The highest BCUT2D eigenvalue weighted by Gasteiger charge is 2.42. The van der Waals surface area contributed by atoms with E-state index in [0.29, 0.717) is 0 Å². The molecule has 1 aromatic carbocycles. The highest BCUT2D eigenvalue weighted by molar-refractivity contribution is 5.33. The van der Waals surface area contributed by atoms with Crippen molar-refractivity contribution in [3.8, 4) is 5.75 Å². The molecule has 1 fully saturated rings. The van der Waals surface area contributed by atoms with Crippen molar-refractivity contribution in [2.24, 2.45) is 5.41 Å². The molecular formula is C15H20F2O2. The zero-order valence-corrected chi connectivity index (χ0v) is 11.4. The van der Waals surface area contributed by atoms with Crippen LogP contribution in [0.15, 0.2) is 12.1 Å².